The van der Waals surface area contributed by atoms with Gasteiger partial charge in [-0.15, -0.1) is 0 Å². The number of benzene rings is 1. The number of aryl methyl sites for hydroxylation is 1. The fraction of sp³-hybridized carbons (Fsp3) is 0.278. The number of nitrogens with zero attached hydrogens (tertiary/aromatic N) is 3. The predicted octanol–water partition coefficient (Wildman–Crippen LogP) is 3.73. The van der Waals surface area contributed by atoms with E-state index < -0.39 is 0 Å². The molecule has 0 bridgehead atoms. The van der Waals surface area contributed by atoms with Crippen LogP contribution in [-0.2, 0) is 11.8 Å². The fourth-order valence-electron chi connectivity index (χ4n) is 3.20. The standard InChI is InChI=1S/C18H18ClN3O/c1-21-16-5-6-20-18(22-7-9-23-10-8-22)15(16)12-17(21)13-3-2-4-14(19)11-13/h2-6,11-12H,7-10H2,1H3. The number of morpholine rings is 1. The van der Waals surface area contributed by atoms with Crippen LogP contribution in [0.1, 0.15) is 0 Å². The van der Waals surface area contributed by atoms with Gasteiger partial charge in [-0.2, -0.15) is 0 Å². The third-order valence-electron chi connectivity index (χ3n) is 4.38. The molecular formula is C18H18ClN3O. The number of pyridine rings is 1. The maximum Gasteiger partial charge on any atom is 0.138 e. The van der Waals surface area contributed by atoms with Crippen molar-refractivity contribution in [1.82, 2.24) is 9.55 Å². The predicted molar refractivity (Wildman–Crippen MR) is 94.2 cm³/mol. The average Bonchev–Trinajstić information content (AvgIpc) is 2.93. The Bertz CT molecular complexity index is 853. The molecule has 0 radical (unpaired) electrons. The zero-order valence-corrected chi connectivity index (χ0v) is 13.8. The lowest BCUT2D eigenvalue weighted by atomic mass is 10.1. The van der Waals surface area contributed by atoms with Gasteiger partial charge in [0.25, 0.3) is 0 Å². The van der Waals surface area contributed by atoms with Gasteiger partial charge in [-0.05, 0) is 29.8 Å². The Hall–Kier alpha value is -2.04. The Labute approximate surface area is 140 Å². The van der Waals surface area contributed by atoms with E-state index in [4.69, 9.17) is 16.3 Å². The molecule has 2 aromatic heterocycles. The summed E-state index contributed by atoms with van der Waals surface area (Å²) in [5, 5.41) is 1.92. The van der Waals surface area contributed by atoms with Crippen molar-refractivity contribution in [3.63, 3.8) is 0 Å². The third-order valence-corrected chi connectivity index (χ3v) is 4.62. The molecule has 1 aliphatic heterocycles. The molecule has 3 aromatic rings. The molecule has 0 spiro atoms. The monoisotopic (exact) mass is 327 g/mol. The highest BCUT2D eigenvalue weighted by Crippen LogP contribution is 2.33. The summed E-state index contributed by atoms with van der Waals surface area (Å²) in [5.41, 5.74) is 3.44. The van der Waals surface area contributed by atoms with Gasteiger partial charge in [-0.1, -0.05) is 23.7 Å². The number of halogens is 1. The number of fused-ring (bicyclic) bond motifs is 1. The lowest BCUT2D eigenvalue weighted by Gasteiger charge is -2.28. The van der Waals surface area contributed by atoms with Gasteiger partial charge in [0.15, 0.2) is 0 Å². The molecule has 1 saturated heterocycles. The summed E-state index contributed by atoms with van der Waals surface area (Å²) in [6, 6.07) is 12.2. The van der Waals surface area contributed by atoms with Crippen LogP contribution >= 0.6 is 11.6 Å². The van der Waals surface area contributed by atoms with E-state index in [2.05, 4.69) is 39.7 Å². The maximum absolute atomic E-state index is 6.16. The first kappa shape index (κ1) is 14.5. The summed E-state index contributed by atoms with van der Waals surface area (Å²) >= 11 is 6.16. The highest BCUT2D eigenvalue weighted by Gasteiger charge is 2.18. The van der Waals surface area contributed by atoms with Gasteiger partial charge in [-0.25, -0.2) is 4.98 Å². The van der Waals surface area contributed by atoms with Crippen molar-refractivity contribution in [3.8, 4) is 11.3 Å². The van der Waals surface area contributed by atoms with Crippen LogP contribution < -0.4 is 4.90 Å². The molecule has 23 heavy (non-hydrogen) atoms. The summed E-state index contributed by atoms with van der Waals surface area (Å²) in [6.07, 6.45) is 1.88. The number of hydrogen-bond acceptors (Lipinski definition) is 3. The first-order valence-corrected chi connectivity index (χ1v) is 8.15. The summed E-state index contributed by atoms with van der Waals surface area (Å²) < 4.78 is 7.66. The number of rotatable bonds is 2. The molecule has 4 nitrogen and oxygen atoms in total. The molecule has 1 aromatic carbocycles. The molecule has 0 atom stereocenters. The van der Waals surface area contributed by atoms with Gasteiger partial charge in [-0.3, -0.25) is 0 Å². The SMILES string of the molecule is Cn1c(-c2cccc(Cl)c2)cc2c(N3CCOCC3)nccc21. The van der Waals surface area contributed by atoms with Crippen LogP contribution in [-0.4, -0.2) is 35.9 Å². The normalized spacial score (nSPS) is 15.3. The van der Waals surface area contributed by atoms with E-state index in [0.29, 0.717) is 0 Å². The first-order valence-electron chi connectivity index (χ1n) is 7.77. The largest absolute Gasteiger partial charge is 0.378 e. The molecule has 4 rings (SSSR count). The lowest BCUT2D eigenvalue weighted by Crippen LogP contribution is -2.36. The zero-order chi connectivity index (χ0) is 15.8. The first-order chi connectivity index (χ1) is 11.2. The topological polar surface area (TPSA) is 30.3 Å². The second-order valence-corrected chi connectivity index (χ2v) is 6.20. The van der Waals surface area contributed by atoms with E-state index >= 15 is 0 Å². The highest BCUT2D eigenvalue weighted by atomic mass is 35.5. The van der Waals surface area contributed by atoms with Crippen molar-refractivity contribution in [3.05, 3.63) is 47.6 Å². The van der Waals surface area contributed by atoms with Gasteiger partial charge >= 0.3 is 0 Å². The minimum absolute atomic E-state index is 0.749. The maximum atomic E-state index is 6.16. The zero-order valence-electron chi connectivity index (χ0n) is 13.0. The fourth-order valence-corrected chi connectivity index (χ4v) is 3.39. The van der Waals surface area contributed by atoms with Crippen molar-refractivity contribution < 1.29 is 4.74 Å². The quantitative estimate of drug-likeness (QED) is 0.718. The molecule has 1 fully saturated rings. The van der Waals surface area contributed by atoms with E-state index in [1.807, 2.05) is 24.4 Å². The van der Waals surface area contributed by atoms with E-state index in [1.54, 1.807) is 0 Å². The second kappa shape index (κ2) is 5.87. The van der Waals surface area contributed by atoms with Crippen molar-refractivity contribution in [1.29, 1.82) is 0 Å². The second-order valence-electron chi connectivity index (χ2n) is 5.77. The highest BCUT2D eigenvalue weighted by molar-refractivity contribution is 6.30. The van der Waals surface area contributed by atoms with Crippen molar-refractivity contribution in [2.24, 2.45) is 7.05 Å². The molecule has 118 valence electrons. The molecule has 3 heterocycles. The minimum atomic E-state index is 0.749. The minimum Gasteiger partial charge on any atom is -0.378 e. The van der Waals surface area contributed by atoms with E-state index in [0.717, 1.165) is 48.4 Å². The molecule has 5 heteroatoms. The molecule has 0 unspecified atom stereocenters. The summed E-state index contributed by atoms with van der Waals surface area (Å²) in [5.74, 6) is 1.04. The van der Waals surface area contributed by atoms with Crippen LogP contribution in [0.25, 0.3) is 22.2 Å². The summed E-state index contributed by atoms with van der Waals surface area (Å²) in [7, 11) is 2.08. The molecule has 0 aliphatic carbocycles. The lowest BCUT2D eigenvalue weighted by molar-refractivity contribution is 0.122. The molecular weight excluding hydrogens is 310 g/mol. The van der Waals surface area contributed by atoms with Crippen LogP contribution in [0.4, 0.5) is 5.82 Å². The molecule has 0 saturated carbocycles. The molecule has 0 amide bonds. The molecule has 1 aliphatic rings. The Morgan fingerprint density at radius 2 is 1.96 bits per heavy atom. The van der Waals surface area contributed by atoms with Crippen molar-refractivity contribution in [2.75, 3.05) is 31.2 Å². The van der Waals surface area contributed by atoms with E-state index in [9.17, 15) is 0 Å². The van der Waals surface area contributed by atoms with Gasteiger partial charge < -0.3 is 14.2 Å². The van der Waals surface area contributed by atoms with Crippen molar-refractivity contribution in [2.45, 2.75) is 0 Å². The van der Waals surface area contributed by atoms with Crippen LogP contribution in [0.5, 0.6) is 0 Å². The smallest absolute Gasteiger partial charge is 0.138 e. The number of anilines is 1. The Kier molecular flexibility index (Phi) is 3.71. The van der Waals surface area contributed by atoms with Crippen LogP contribution in [0.15, 0.2) is 42.6 Å². The number of hydrogen-bond donors (Lipinski definition) is 0. The molecule has 0 N–H and O–H groups in total. The number of aromatic nitrogens is 2. The van der Waals surface area contributed by atoms with Gasteiger partial charge in [0.2, 0.25) is 0 Å². The van der Waals surface area contributed by atoms with E-state index in [-0.39, 0.29) is 0 Å². The Balaban J connectivity index is 1.87. The average molecular weight is 328 g/mol. The summed E-state index contributed by atoms with van der Waals surface area (Å²) in [4.78, 5) is 6.93. The van der Waals surface area contributed by atoms with Crippen molar-refractivity contribution >= 4 is 28.3 Å². The van der Waals surface area contributed by atoms with Gasteiger partial charge in [0, 0.05) is 42.4 Å². The number of ether oxygens (including phenoxy) is 1. The Morgan fingerprint density at radius 1 is 1.13 bits per heavy atom. The van der Waals surface area contributed by atoms with Crippen LogP contribution in [0, 0.1) is 0 Å². The Morgan fingerprint density at radius 3 is 2.74 bits per heavy atom. The van der Waals surface area contributed by atoms with Gasteiger partial charge in [0.05, 0.1) is 18.7 Å². The van der Waals surface area contributed by atoms with Gasteiger partial charge in [0.1, 0.15) is 5.82 Å². The third kappa shape index (κ3) is 2.58. The van der Waals surface area contributed by atoms with E-state index in [1.165, 1.54) is 10.9 Å². The van der Waals surface area contributed by atoms with Crippen LogP contribution in [0.3, 0.4) is 0 Å². The van der Waals surface area contributed by atoms with Crippen LogP contribution in [0.2, 0.25) is 5.02 Å². The summed E-state index contributed by atoms with van der Waals surface area (Å²) in [6.45, 7) is 3.28.